The van der Waals surface area contributed by atoms with Gasteiger partial charge in [-0.2, -0.15) is 0 Å². The molecule has 2 rings (SSSR count). The van der Waals surface area contributed by atoms with Gasteiger partial charge < -0.3 is 15.6 Å². The van der Waals surface area contributed by atoms with Gasteiger partial charge in [-0.15, -0.1) is 10.2 Å². The van der Waals surface area contributed by atoms with Crippen molar-refractivity contribution in [3.8, 4) is 11.4 Å². The lowest BCUT2D eigenvalue weighted by atomic mass is 10.2. The lowest BCUT2D eigenvalue weighted by Crippen LogP contribution is -2.08. The second kappa shape index (κ2) is 5.45. The fourth-order valence-electron chi connectivity index (χ4n) is 1.62. The molecule has 5 heteroatoms. The van der Waals surface area contributed by atoms with E-state index in [1.807, 2.05) is 35.9 Å². The smallest absolute Gasteiger partial charge is 0.163 e. The van der Waals surface area contributed by atoms with Crippen LogP contribution in [0.15, 0.2) is 30.6 Å². The van der Waals surface area contributed by atoms with Gasteiger partial charge >= 0.3 is 0 Å². The molecule has 0 aliphatic carbocycles. The largest absolute Gasteiger partial charge is 0.385 e. The Labute approximate surface area is 101 Å². The van der Waals surface area contributed by atoms with Gasteiger partial charge in [0.2, 0.25) is 0 Å². The molecule has 17 heavy (non-hydrogen) atoms. The Morgan fingerprint density at radius 3 is 2.65 bits per heavy atom. The highest BCUT2D eigenvalue weighted by Gasteiger charge is 2.03. The fourth-order valence-corrected chi connectivity index (χ4v) is 1.62. The second-order valence-corrected chi connectivity index (χ2v) is 3.91. The lowest BCUT2D eigenvalue weighted by molar-refractivity contribution is 0.874. The van der Waals surface area contributed by atoms with Crippen LogP contribution in [0.5, 0.6) is 0 Å². The minimum Gasteiger partial charge on any atom is -0.385 e. The number of hydrogen-bond donors (Lipinski definition) is 2. The van der Waals surface area contributed by atoms with Crippen molar-refractivity contribution in [2.45, 2.75) is 6.42 Å². The van der Waals surface area contributed by atoms with E-state index < -0.39 is 0 Å². The Morgan fingerprint density at radius 1 is 1.29 bits per heavy atom. The van der Waals surface area contributed by atoms with E-state index >= 15 is 0 Å². The predicted molar refractivity (Wildman–Crippen MR) is 68.6 cm³/mol. The van der Waals surface area contributed by atoms with Gasteiger partial charge in [-0.05, 0) is 37.2 Å². The standard InChI is InChI=1S/C12H17N5/c1-17-9-15-16-12(17)10-3-5-11(6-4-10)14-8-2-7-13/h3-6,9,14H,2,7-8,13H2,1H3. The quantitative estimate of drug-likeness (QED) is 0.760. The Bertz CT molecular complexity index is 460. The number of nitrogens with one attached hydrogen (secondary N) is 1. The van der Waals surface area contributed by atoms with Crippen LogP contribution >= 0.6 is 0 Å². The van der Waals surface area contributed by atoms with Crippen molar-refractivity contribution in [2.24, 2.45) is 12.8 Å². The van der Waals surface area contributed by atoms with E-state index in [1.165, 1.54) is 0 Å². The summed E-state index contributed by atoms with van der Waals surface area (Å²) in [5.74, 6) is 0.874. The first-order valence-electron chi connectivity index (χ1n) is 5.69. The molecule has 0 aliphatic rings. The van der Waals surface area contributed by atoms with E-state index in [4.69, 9.17) is 5.73 Å². The molecule has 1 heterocycles. The van der Waals surface area contributed by atoms with Crippen LogP contribution in [0.4, 0.5) is 5.69 Å². The van der Waals surface area contributed by atoms with Gasteiger partial charge in [0, 0.05) is 24.8 Å². The maximum atomic E-state index is 5.44. The number of aromatic nitrogens is 3. The van der Waals surface area contributed by atoms with Crippen molar-refractivity contribution in [3.05, 3.63) is 30.6 Å². The number of nitrogens with zero attached hydrogens (tertiary/aromatic N) is 3. The van der Waals surface area contributed by atoms with E-state index in [1.54, 1.807) is 6.33 Å². The predicted octanol–water partition coefficient (Wildman–Crippen LogP) is 1.24. The third-order valence-corrected chi connectivity index (χ3v) is 2.56. The Balaban J connectivity index is 2.06. The summed E-state index contributed by atoms with van der Waals surface area (Å²) >= 11 is 0. The fraction of sp³-hybridized carbons (Fsp3) is 0.333. The molecule has 1 aromatic carbocycles. The van der Waals surface area contributed by atoms with Gasteiger partial charge in [-0.3, -0.25) is 0 Å². The van der Waals surface area contributed by atoms with E-state index in [-0.39, 0.29) is 0 Å². The third kappa shape index (κ3) is 2.82. The molecule has 0 fully saturated rings. The van der Waals surface area contributed by atoms with Crippen molar-refractivity contribution in [2.75, 3.05) is 18.4 Å². The molecule has 0 bridgehead atoms. The van der Waals surface area contributed by atoms with Gasteiger partial charge in [0.25, 0.3) is 0 Å². The normalized spacial score (nSPS) is 10.5. The SMILES string of the molecule is Cn1cnnc1-c1ccc(NCCCN)cc1. The number of anilines is 1. The molecule has 0 saturated carbocycles. The van der Waals surface area contributed by atoms with Crippen molar-refractivity contribution >= 4 is 5.69 Å². The molecule has 0 aliphatic heterocycles. The third-order valence-electron chi connectivity index (χ3n) is 2.56. The molecular formula is C12H17N5. The molecule has 0 radical (unpaired) electrons. The van der Waals surface area contributed by atoms with Crippen molar-refractivity contribution in [1.29, 1.82) is 0 Å². The summed E-state index contributed by atoms with van der Waals surface area (Å²) in [5.41, 5.74) is 7.61. The summed E-state index contributed by atoms with van der Waals surface area (Å²) in [4.78, 5) is 0. The topological polar surface area (TPSA) is 68.8 Å². The molecule has 0 spiro atoms. The molecule has 2 aromatic rings. The van der Waals surface area contributed by atoms with Gasteiger partial charge in [-0.1, -0.05) is 0 Å². The summed E-state index contributed by atoms with van der Waals surface area (Å²) in [7, 11) is 1.93. The van der Waals surface area contributed by atoms with Crippen LogP contribution in [0.3, 0.4) is 0 Å². The highest BCUT2D eigenvalue weighted by molar-refractivity contribution is 5.59. The molecule has 0 saturated heterocycles. The zero-order chi connectivity index (χ0) is 12.1. The van der Waals surface area contributed by atoms with E-state index in [9.17, 15) is 0 Å². The summed E-state index contributed by atoms with van der Waals surface area (Å²) in [6.45, 7) is 1.61. The summed E-state index contributed by atoms with van der Waals surface area (Å²) in [6.07, 6.45) is 2.67. The number of hydrogen-bond acceptors (Lipinski definition) is 4. The van der Waals surface area contributed by atoms with Crippen LogP contribution in [0, 0.1) is 0 Å². The van der Waals surface area contributed by atoms with Crippen LogP contribution < -0.4 is 11.1 Å². The van der Waals surface area contributed by atoms with Crippen LogP contribution in [0.1, 0.15) is 6.42 Å². The second-order valence-electron chi connectivity index (χ2n) is 3.91. The molecule has 5 nitrogen and oxygen atoms in total. The minimum atomic E-state index is 0.712. The van der Waals surface area contributed by atoms with Crippen LogP contribution in [-0.4, -0.2) is 27.9 Å². The van der Waals surface area contributed by atoms with E-state index in [0.29, 0.717) is 6.54 Å². The number of rotatable bonds is 5. The van der Waals surface area contributed by atoms with Crippen molar-refractivity contribution in [1.82, 2.24) is 14.8 Å². The zero-order valence-electron chi connectivity index (χ0n) is 9.93. The van der Waals surface area contributed by atoms with Crippen LogP contribution in [0.2, 0.25) is 0 Å². The first-order valence-corrected chi connectivity index (χ1v) is 5.69. The van der Waals surface area contributed by atoms with Gasteiger partial charge in [0.05, 0.1) is 0 Å². The van der Waals surface area contributed by atoms with Gasteiger partial charge in [0.1, 0.15) is 6.33 Å². The molecule has 1 aromatic heterocycles. The minimum absolute atomic E-state index is 0.712. The van der Waals surface area contributed by atoms with Gasteiger partial charge in [-0.25, -0.2) is 0 Å². The monoisotopic (exact) mass is 231 g/mol. The summed E-state index contributed by atoms with van der Waals surface area (Å²) in [5, 5.41) is 11.2. The average Bonchev–Trinajstić information content (AvgIpc) is 2.77. The Morgan fingerprint density at radius 2 is 2.06 bits per heavy atom. The lowest BCUT2D eigenvalue weighted by Gasteiger charge is -2.06. The maximum Gasteiger partial charge on any atom is 0.163 e. The van der Waals surface area contributed by atoms with Gasteiger partial charge in [0.15, 0.2) is 5.82 Å². The molecule has 0 atom stereocenters. The zero-order valence-corrected chi connectivity index (χ0v) is 9.93. The maximum absolute atomic E-state index is 5.44. The molecule has 3 N–H and O–H groups in total. The van der Waals surface area contributed by atoms with Crippen molar-refractivity contribution < 1.29 is 0 Å². The Kier molecular flexibility index (Phi) is 3.72. The van der Waals surface area contributed by atoms with E-state index in [0.717, 1.165) is 30.0 Å². The summed E-state index contributed by atoms with van der Waals surface area (Å²) < 4.78 is 1.90. The highest BCUT2D eigenvalue weighted by Crippen LogP contribution is 2.18. The molecule has 0 amide bonds. The summed E-state index contributed by atoms with van der Waals surface area (Å²) in [6, 6.07) is 8.16. The van der Waals surface area contributed by atoms with Crippen LogP contribution in [0.25, 0.3) is 11.4 Å². The molecule has 0 unspecified atom stereocenters. The molecular weight excluding hydrogens is 214 g/mol. The first-order chi connectivity index (χ1) is 8.31. The number of benzene rings is 1. The number of nitrogens with two attached hydrogens (primary N) is 1. The van der Waals surface area contributed by atoms with Crippen LogP contribution in [-0.2, 0) is 7.05 Å². The highest BCUT2D eigenvalue weighted by atomic mass is 15.2. The van der Waals surface area contributed by atoms with Crippen molar-refractivity contribution in [3.63, 3.8) is 0 Å². The molecule has 90 valence electrons. The Hall–Kier alpha value is -1.88. The average molecular weight is 231 g/mol. The van der Waals surface area contributed by atoms with E-state index in [2.05, 4.69) is 15.5 Å². The first kappa shape index (κ1) is 11.6. The number of aryl methyl sites for hydroxylation is 1.